The molecular weight excluding hydrogens is 252 g/mol. The number of rotatable bonds is 8. The molecule has 0 amide bonds. The topological polar surface area (TPSA) is 76.0 Å². The number of hydrogen-bond acceptors (Lipinski definition) is 4. The average Bonchev–Trinajstić information content (AvgIpc) is 2.75. The summed E-state index contributed by atoms with van der Waals surface area (Å²) >= 11 is 0. The van der Waals surface area contributed by atoms with E-state index < -0.39 is 10.0 Å². The van der Waals surface area contributed by atoms with Gasteiger partial charge in [0.2, 0.25) is 10.0 Å². The summed E-state index contributed by atoms with van der Waals surface area (Å²) in [4.78, 5) is 0.224. The minimum absolute atomic E-state index is 0.0549. The molecule has 1 heterocycles. The Morgan fingerprint density at radius 3 is 2.83 bits per heavy atom. The normalized spacial score (nSPS) is 13.7. The largest absolute Gasteiger partial charge is 0.318 e. The average molecular weight is 274 g/mol. The molecule has 0 aromatic carbocycles. The third-order valence-corrected chi connectivity index (χ3v) is 4.13. The van der Waals surface area contributed by atoms with Crippen molar-refractivity contribution >= 4 is 10.0 Å². The molecule has 0 aliphatic carbocycles. The fraction of sp³-hybridized carbons (Fsp3) is 0.727. The molecule has 0 spiro atoms. The summed E-state index contributed by atoms with van der Waals surface area (Å²) in [7, 11) is -1.60. The van der Waals surface area contributed by atoms with Gasteiger partial charge in [0, 0.05) is 18.8 Å². The molecule has 104 valence electrons. The van der Waals surface area contributed by atoms with E-state index >= 15 is 0 Å². The number of sulfonamides is 1. The molecule has 0 aliphatic heterocycles. The summed E-state index contributed by atoms with van der Waals surface area (Å²) in [5, 5.41) is 7.02. The van der Waals surface area contributed by atoms with E-state index in [0.717, 1.165) is 19.4 Å². The Kier molecular flexibility index (Phi) is 5.77. The van der Waals surface area contributed by atoms with Crippen LogP contribution in [0.5, 0.6) is 0 Å². The van der Waals surface area contributed by atoms with Crippen molar-refractivity contribution in [2.45, 2.75) is 44.2 Å². The molecule has 1 aromatic rings. The fourth-order valence-electron chi connectivity index (χ4n) is 1.66. The predicted octanol–water partition coefficient (Wildman–Crippen LogP) is 0.569. The standard InChI is InChI=1S/C11H22N4O2S/c1-4-5-10(2)14-18(16,17)11-8-13-15(9-11)7-6-12-3/h8-10,12,14H,4-7H2,1-3H3. The first-order valence-corrected chi connectivity index (χ1v) is 7.67. The maximum Gasteiger partial charge on any atom is 0.243 e. The molecule has 0 bridgehead atoms. The number of nitrogens with zero attached hydrogens (tertiary/aromatic N) is 2. The lowest BCUT2D eigenvalue weighted by Crippen LogP contribution is -2.32. The van der Waals surface area contributed by atoms with E-state index in [1.165, 1.54) is 6.20 Å². The van der Waals surface area contributed by atoms with Crippen molar-refractivity contribution in [1.82, 2.24) is 19.8 Å². The molecule has 1 aromatic heterocycles. The van der Waals surface area contributed by atoms with Gasteiger partial charge in [0.05, 0.1) is 12.7 Å². The lowest BCUT2D eigenvalue weighted by Gasteiger charge is -2.11. The van der Waals surface area contributed by atoms with Crippen molar-refractivity contribution in [2.24, 2.45) is 0 Å². The summed E-state index contributed by atoms with van der Waals surface area (Å²) in [6.45, 7) is 5.30. The Bertz CT molecular complexity index is 455. The van der Waals surface area contributed by atoms with Crippen LogP contribution >= 0.6 is 0 Å². The van der Waals surface area contributed by atoms with Crippen LogP contribution in [0.2, 0.25) is 0 Å². The summed E-state index contributed by atoms with van der Waals surface area (Å²) < 4.78 is 28.3. The molecule has 1 rings (SSSR count). The maximum absolute atomic E-state index is 12.0. The van der Waals surface area contributed by atoms with Crippen molar-refractivity contribution < 1.29 is 8.42 Å². The minimum atomic E-state index is -3.44. The van der Waals surface area contributed by atoms with Gasteiger partial charge in [-0.25, -0.2) is 13.1 Å². The molecular formula is C11H22N4O2S. The summed E-state index contributed by atoms with van der Waals surface area (Å²) in [6, 6.07) is -0.0549. The highest BCUT2D eigenvalue weighted by Crippen LogP contribution is 2.09. The first-order valence-electron chi connectivity index (χ1n) is 6.19. The Morgan fingerprint density at radius 2 is 2.22 bits per heavy atom. The van der Waals surface area contributed by atoms with Gasteiger partial charge in [0.15, 0.2) is 0 Å². The predicted molar refractivity (Wildman–Crippen MR) is 70.8 cm³/mol. The van der Waals surface area contributed by atoms with Gasteiger partial charge in [-0.15, -0.1) is 0 Å². The van der Waals surface area contributed by atoms with Crippen molar-refractivity contribution in [3.05, 3.63) is 12.4 Å². The molecule has 0 fully saturated rings. The fourth-order valence-corrected chi connectivity index (χ4v) is 2.89. The van der Waals surface area contributed by atoms with E-state index in [2.05, 4.69) is 15.1 Å². The third kappa shape index (κ3) is 4.40. The van der Waals surface area contributed by atoms with Gasteiger partial charge in [-0.3, -0.25) is 4.68 Å². The lowest BCUT2D eigenvalue weighted by molar-refractivity contribution is 0.543. The van der Waals surface area contributed by atoms with Crippen LogP contribution in [0.4, 0.5) is 0 Å². The first kappa shape index (κ1) is 15.1. The molecule has 0 aliphatic rings. The van der Waals surface area contributed by atoms with Crippen LogP contribution in [0.25, 0.3) is 0 Å². The molecule has 0 radical (unpaired) electrons. The van der Waals surface area contributed by atoms with Crippen molar-refractivity contribution in [2.75, 3.05) is 13.6 Å². The highest BCUT2D eigenvalue weighted by molar-refractivity contribution is 7.89. The second-order valence-electron chi connectivity index (χ2n) is 4.35. The first-order chi connectivity index (χ1) is 8.49. The molecule has 6 nitrogen and oxygen atoms in total. The molecule has 2 N–H and O–H groups in total. The SMILES string of the molecule is CCCC(C)NS(=O)(=O)c1cnn(CCNC)c1. The van der Waals surface area contributed by atoms with E-state index in [1.807, 2.05) is 20.9 Å². The van der Waals surface area contributed by atoms with Gasteiger partial charge in [-0.1, -0.05) is 13.3 Å². The zero-order valence-corrected chi connectivity index (χ0v) is 12.0. The maximum atomic E-state index is 12.0. The molecule has 18 heavy (non-hydrogen) atoms. The number of nitrogens with one attached hydrogen (secondary N) is 2. The van der Waals surface area contributed by atoms with Crippen LogP contribution in [0.1, 0.15) is 26.7 Å². The van der Waals surface area contributed by atoms with Gasteiger partial charge < -0.3 is 5.32 Å². The van der Waals surface area contributed by atoms with Crippen molar-refractivity contribution in [1.29, 1.82) is 0 Å². The third-order valence-electron chi connectivity index (χ3n) is 2.59. The Morgan fingerprint density at radius 1 is 1.50 bits per heavy atom. The van der Waals surface area contributed by atoms with Crippen molar-refractivity contribution in [3.8, 4) is 0 Å². The van der Waals surface area contributed by atoms with Gasteiger partial charge >= 0.3 is 0 Å². The van der Waals surface area contributed by atoms with Crippen LogP contribution < -0.4 is 10.0 Å². The van der Waals surface area contributed by atoms with E-state index in [1.54, 1.807) is 10.9 Å². The summed E-state index contributed by atoms with van der Waals surface area (Å²) in [6.07, 6.45) is 4.72. The van der Waals surface area contributed by atoms with Gasteiger partial charge in [-0.05, 0) is 20.4 Å². The van der Waals surface area contributed by atoms with Crippen LogP contribution in [0.15, 0.2) is 17.3 Å². The second-order valence-corrected chi connectivity index (χ2v) is 6.07. The highest BCUT2D eigenvalue weighted by atomic mass is 32.2. The minimum Gasteiger partial charge on any atom is -0.318 e. The highest BCUT2D eigenvalue weighted by Gasteiger charge is 2.18. The van der Waals surface area contributed by atoms with E-state index in [4.69, 9.17) is 0 Å². The lowest BCUT2D eigenvalue weighted by atomic mass is 10.2. The van der Waals surface area contributed by atoms with Crippen LogP contribution in [-0.4, -0.2) is 37.8 Å². The molecule has 1 atom stereocenters. The number of hydrogen-bond donors (Lipinski definition) is 2. The van der Waals surface area contributed by atoms with Crippen molar-refractivity contribution in [3.63, 3.8) is 0 Å². The summed E-state index contributed by atoms with van der Waals surface area (Å²) in [5.74, 6) is 0. The number of aromatic nitrogens is 2. The summed E-state index contributed by atoms with van der Waals surface area (Å²) in [5.41, 5.74) is 0. The zero-order valence-electron chi connectivity index (χ0n) is 11.2. The zero-order chi connectivity index (χ0) is 13.6. The smallest absolute Gasteiger partial charge is 0.243 e. The van der Waals surface area contributed by atoms with E-state index in [9.17, 15) is 8.42 Å². The van der Waals surface area contributed by atoms with Gasteiger partial charge in [0.1, 0.15) is 4.90 Å². The Hall–Kier alpha value is -0.920. The Balaban J connectivity index is 2.69. The monoisotopic (exact) mass is 274 g/mol. The van der Waals surface area contributed by atoms with Gasteiger partial charge in [0.25, 0.3) is 0 Å². The second kappa shape index (κ2) is 6.86. The molecule has 0 saturated carbocycles. The number of likely N-dealkylation sites (N-methyl/N-ethyl adjacent to an activating group) is 1. The molecule has 0 saturated heterocycles. The Labute approximate surface area is 109 Å². The molecule has 7 heteroatoms. The van der Waals surface area contributed by atoms with Crippen LogP contribution in [0.3, 0.4) is 0 Å². The van der Waals surface area contributed by atoms with Crippen LogP contribution in [-0.2, 0) is 16.6 Å². The molecule has 1 unspecified atom stereocenters. The van der Waals surface area contributed by atoms with E-state index in [-0.39, 0.29) is 10.9 Å². The van der Waals surface area contributed by atoms with Gasteiger partial charge in [-0.2, -0.15) is 5.10 Å². The van der Waals surface area contributed by atoms with E-state index in [0.29, 0.717) is 6.54 Å². The quantitative estimate of drug-likeness (QED) is 0.726. The van der Waals surface area contributed by atoms with Crippen LogP contribution in [0, 0.1) is 0 Å².